The summed E-state index contributed by atoms with van der Waals surface area (Å²) in [5, 5.41) is 8.64. The van der Waals surface area contributed by atoms with Gasteiger partial charge in [-0.25, -0.2) is 0 Å². The molecule has 1 N–H and O–H groups in total. The van der Waals surface area contributed by atoms with Gasteiger partial charge in [-0.3, -0.25) is 0 Å². The zero-order valence-corrected chi connectivity index (χ0v) is 17.2. The Morgan fingerprint density at radius 3 is 1.25 bits per heavy atom. The third-order valence-electron chi connectivity index (χ3n) is 4.21. The van der Waals surface area contributed by atoms with Gasteiger partial charge in [0.25, 0.3) is 0 Å². The number of carbonyl (C=O) groups is 1. The molecule has 0 unspecified atom stereocenters. The summed E-state index contributed by atoms with van der Waals surface area (Å²) in [5.74, 6) is 0.813. The maximum absolute atomic E-state index is 10.3. The quantitative estimate of drug-likeness (QED) is 0.304. The molecule has 0 saturated heterocycles. The molecule has 24 heavy (non-hydrogen) atoms. The second-order valence-corrected chi connectivity index (χ2v) is 7.62. The van der Waals surface area contributed by atoms with E-state index >= 15 is 0 Å². The van der Waals surface area contributed by atoms with Crippen LogP contribution in [0.3, 0.4) is 0 Å². The molecule has 0 rings (SSSR count). The number of rotatable bonds is 16. The molecule has 0 bridgehead atoms. The van der Waals surface area contributed by atoms with E-state index in [0.717, 1.165) is 12.8 Å². The highest BCUT2D eigenvalue weighted by Crippen LogP contribution is 2.12. The highest BCUT2D eigenvalue weighted by Gasteiger charge is 1.95. The average Bonchev–Trinajstić information content (AvgIpc) is 2.51. The number of aliphatic hydroxyl groups is 1. The van der Waals surface area contributed by atoms with Gasteiger partial charge >= 0.3 is 0 Å². The van der Waals surface area contributed by atoms with Crippen LogP contribution in [0, 0.1) is 5.92 Å². The average molecular weight is 343 g/mol. The van der Waals surface area contributed by atoms with Crippen LogP contribution in [0.1, 0.15) is 124 Å². The van der Waals surface area contributed by atoms with Crippen molar-refractivity contribution < 1.29 is 9.90 Å². The van der Waals surface area contributed by atoms with Crippen molar-refractivity contribution in [1.82, 2.24) is 0 Å². The number of aliphatic hydroxyl groups excluding tert-OH is 1. The predicted molar refractivity (Wildman–Crippen MR) is 108 cm³/mol. The molecule has 0 atom stereocenters. The summed E-state index contributed by atoms with van der Waals surface area (Å²) in [4.78, 5) is 10.3. The van der Waals surface area contributed by atoms with E-state index in [1.807, 2.05) is 13.8 Å². The van der Waals surface area contributed by atoms with E-state index in [1.54, 1.807) is 6.92 Å². The van der Waals surface area contributed by atoms with Crippen LogP contribution in [-0.2, 0) is 4.79 Å². The minimum atomic E-state index is 0.287. The molecule has 0 aromatic heterocycles. The minimum Gasteiger partial charge on any atom is -0.396 e. The van der Waals surface area contributed by atoms with Gasteiger partial charge in [0.05, 0.1) is 0 Å². The lowest BCUT2D eigenvalue weighted by Crippen LogP contribution is -1.95. The van der Waals surface area contributed by atoms with Crippen LogP contribution < -0.4 is 0 Å². The van der Waals surface area contributed by atoms with Crippen LogP contribution in [-0.4, -0.2) is 17.5 Å². The van der Waals surface area contributed by atoms with Crippen molar-refractivity contribution in [2.24, 2.45) is 5.92 Å². The molecule has 0 aromatic rings. The topological polar surface area (TPSA) is 37.3 Å². The third kappa shape index (κ3) is 29.6. The van der Waals surface area contributed by atoms with Crippen LogP contribution in [0.2, 0.25) is 0 Å². The fraction of sp³-hybridized carbons (Fsp3) is 0.955. The monoisotopic (exact) mass is 342 g/mol. The molecule has 2 heteroatoms. The largest absolute Gasteiger partial charge is 0.396 e. The van der Waals surface area contributed by atoms with Crippen LogP contribution in [0.4, 0.5) is 0 Å². The lowest BCUT2D eigenvalue weighted by atomic mass is 10.0. The molecule has 0 heterocycles. The van der Waals surface area contributed by atoms with Gasteiger partial charge in [-0.2, -0.15) is 0 Å². The highest BCUT2D eigenvalue weighted by atomic mass is 16.2. The molecule has 0 aliphatic carbocycles. The molecule has 0 saturated carbocycles. The first kappa shape index (κ1) is 25.9. The summed E-state index contributed by atoms with van der Waals surface area (Å²) in [6.07, 6.45) is 19.9. The number of carbonyl (C=O) groups excluding carboxylic acids is 1. The predicted octanol–water partition coefficient (Wildman–Crippen LogP) is 7.08. The van der Waals surface area contributed by atoms with Gasteiger partial charge in [-0.15, -0.1) is 0 Å². The number of hydrogen-bond acceptors (Lipinski definition) is 2. The Morgan fingerprint density at radius 1 is 0.708 bits per heavy atom. The van der Waals surface area contributed by atoms with Gasteiger partial charge in [0.2, 0.25) is 0 Å². The zero-order chi connectivity index (χ0) is 18.5. The van der Waals surface area contributed by atoms with E-state index in [2.05, 4.69) is 6.92 Å². The number of hydrogen-bond donors (Lipinski definition) is 1. The standard InChI is InChI=1S/C16H34O.C6H12O/c1-2-3-4-5-6-7-8-9-10-11-12-13-14-15-16-17;1-5(2)4-6(3)7/h17H,2-16H2,1H3;5H,4H2,1-3H3. The lowest BCUT2D eigenvalue weighted by Gasteiger charge is -2.02. The second-order valence-electron chi connectivity index (χ2n) is 7.62. The molecule has 0 radical (unpaired) electrons. The summed E-state index contributed by atoms with van der Waals surface area (Å²) in [7, 11) is 0. The van der Waals surface area contributed by atoms with Crippen molar-refractivity contribution >= 4 is 5.78 Å². The Morgan fingerprint density at radius 2 is 1.04 bits per heavy atom. The van der Waals surface area contributed by atoms with E-state index in [0.29, 0.717) is 12.5 Å². The van der Waals surface area contributed by atoms with Gasteiger partial charge < -0.3 is 9.90 Å². The first-order valence-corrected chi connectivity index (χ1v) is 10.6. The van der Waals surface area contributed by atoms with Crippen LogP contribution in [0.5, 0.6) is 0 Å². The van der Waals surface area contributed by atoms with Gasteiger partial charge in [-0.05, 0) is 19.3 Å². The zero-order valence-electron chi connectivity index (χ0n) is 17.2. The van der Waals surface area contributed by atoms with Crippen molar-refractivity contribution in [3.05, 3.63) is 0 Å². The lowest BCUT2D eigenvalue weighted by molar-refractivity contribution is -0.117. The number of unbranched alkanes of at least 4 members (excludes halogenated alkanes) is 13. The molecular weight excluding hydrogens is 296 g/mol. The maximum atomic E-state index is 10.3. The summed E-state index contributed by atoms with van der Waals surface area (Å²) < 4.78 is 0. The number of Topliss-reactive ketones (excluding diaryl/α,β-unsaturated/α-hetero) is 1. The van der Waals surface area contributed by atoms with Crippen LogP contribution in [0.25, 0.3) is 0 Å². The van der Waals surface area contributed by atoms with E-state index in [1.165, 1.54) is 83.5 Å². The summed E-state index contributed by atoms with van der Waals surface area (Å²) in [6, 6.07) is 0. The van der Waals surface area contributed by atoms with Crippen molar-refractivity contribution in [3.63, 3.8) is 0 Å². The summed E-state index contributed by atoms with van der Waals surface area (Å²) in [6.45, 7) is 8.36. The highest BCUT2D eigenvalue weighted by molar-refractivity contribution is 5.75. The maximum Gasteiger partial charge on any atom is 0.130 e. The van der Waals surface area contributed by atoms with Crippen molar-refractivity contribution in [2.45, 2.75) is 124 Å². The molecule has 0 aromatic carbocycles. The molecule has 2 nitrogen and oxygen atoms in total. The molecule has 0 aliphatic rings. The fourth-order valence-corrected chi connectivity index (χ4v) is 2.88. The third-order valence-corrected chi connectivity index (χ3v) is 4.21. The smallest absolute Gasteiger partial charge is 0.130 e. The minimum absolute atomic E-state index is 0.287. The Kier molecular flexibility index (Phi) is 24.4. The Bertz CT molecular complexity index is 222. The first-order chi connectivity index (χ1) is 11.5. The molecular formula is C22H46O2. The SMILES string of the molecule is CC(=O)CC(C)C.CCCCCCCCCCCCCCCCO. The van der Waals surface area contributed by atoms with E-state index in [9.17, 15) is 4.79 Å². The number of ketones is 1. The van der Waals surface area contributed by atoms with Gasteiger partial charge in [0.15, 0.2) is 0 Å². The molecule has 0 amide bonds. The van der Waals surface area contributed by atoms with Gasteiger partial charge in [0, 0.05) is 13.0 Å². The normalized spacial score (nSPS) is 10.6. The Hall–Kier alpha value is -0.370. The Balaban J connectivity index is 0. The molecule has 0 spiro atoms. The molecule has 146 valence electrons. The Labute approximate surface area is 152 Å². The summed E-state index contributed by atoms with van der Waals surface area (Å²) in [5.41, 5.74) is 0. The van der Waals surface area contributed by atoms with Crippen LogP contribution in [0.15, 0.2) is 0 Å². The van der Waals surface area contributed by atoms with Crippen molar-refractivity contribution in [1.29, 1.82) is 0 Å². The van der Waals surface area contributed by atoms with E-state index in [-0.39, 0.29) is 5.78 Å². The first-order valence-electron chi connectivity index (χ1n) is 10.6. The molecule has 0 fully saturated rings. The molecule has 0 aliphatic heterocycles. The fourth-order valence-electron chi connectivity index (χ4n) is 2.88. The van der Waals surface area contributed by atoms with Crippen molar-refractivity contribution in [3.8, 4) is 0 Å². The van der Waals surface area contributed by atoms with Gasteiger partial charge in [0.1, 0.15) is 5.78 Å². The van der Waals surface area contributed by atoms with E-state index < -0.39 is 0 Å². The van der Waals surface area contributed by atoms with Gasteiger partial charge in [-0.1, -0.05) is 104 Å². The van der Waals surface area contributed by atoms with Crippen molar-refractivity contribution in [2.75, 3.05) is 6.61 Å². The summed E-state index contributed by atoms with van der Waals surface area (Å²) >= 11 is 0. The second kappa shape index (κ2) is 22.6. The van der Waals surface area contributed by atoms with Crippen LogP contribution >= 0.6 is 0 Å². The van der Waals surface area contributed by atoms with E-state index in [4.69, 9.17) is 5.11 Å².